The number of amides is 1. The van der Waals surface area contributed by atoms with Gasteiger partial charge >= 0.3 is 6.18 Å². The van der Waals surface area contributed by atoms with Gasteiger partial charge in [0.05, 0.1) is 24.6 Å². The summed E-state index contributed by atoms with van der Waals surface area (Å²) in [6.45, 7) is 1.78. The van der Waals surface area contributed by atoms with Gasteiger partial charge in [-0.05, 0) is 37.5 Å². The van der Waals surface area contributed by atoms with Crippen LogP contribution in [0.3, 0.4) is 0 Å². The zero-order valence-corrected chi connectivity index (χ0v) is 15.4. The Labute approximate surface area is 160 Å². The lowest BCUT2D eigenvalue weighted by atomic mass is 10.2. The quantitative estimate of drug-likeness (QED) is 0.847. The second kappa shape index (κ2) is 7.12. The molecule has 2 heterocycles. The molecule has 1 unspecified atom stereocenters. The number of carbonyl (C=O) groups excluding carboxylic acids is 1. The molecular formula is C19H21F3N4O2. The van der Waals surface area contributed by atoms with Crippen molar-refractivity contribution >= 4 is 5.91 Å². The van der Waals surface area contributed by atoms with Crippen LogP contribution in [-0.4, -0.2) is 52.9 Å². The van der Waals surface area contributed by atoms with Crippen LogP contribution in [0.15, 0.2) is 30.5 Å². The van der Waals surface area contributed by atoms with Crippen LogP contribution in [-0.2, 0) is 6.18 Å². The highest BCUT2D eigenvalue weighted by Crippen LogP contribution is 2.31. The number of alkyl halides is 3. The van der Waals surface area contributed by atoms with E-state index in [2.05, 4.69) is 15.3 Å². The second-order valence-corrected chi connectivity index (χ2v) is 7.22. The van der Waals surface area contributed by atoms with E-state index in [0.29, 0.717) is 6.04 Å². The van der Waals surface area contributed by atoms with Gasteiger partial charge in [-0.1, -0.05) is 6.07 Å². The number of halogens is 3. The van der Waals surface area contributed by atoms with Crippen LogP contribution < -0.4 is 10.1 Å². The summed E-state index contributed by atoms with van der Waals surface area (Å²) < 4.78 is 45.3. The van der Waals surface area contributed by atoms with Gasteiger partial charge in [0.15, 0.2) is 11.4 Å². The first-order chi connectivity index (χ1) is 13.3. The molecule has 28 heavy (non-hydrogen) atoms. The molecule has 9 heteroatoms. The van der Waals surface area contributed by atoms with E-state index in [1.54, 1.807) is 0 Å². The third-order valence-corrected chi connectivity index (χ3v) is 5.17. The van der Waals surface area contributed by atoms with E-state index < -0.39 is 11.7 Å². The van der Waals surface area contributed by atoms with Crippen molar-refractivity contribution < 1.29 is 22.7 Å². The van der Waals surface area contributed by atoms with Crippen LogP contribution >= 0.6 is 0 Å². The number of carbonyl (C=O) groups is 1. The Morgan fingerprint density at radius 2 is 2.07 bits per heavy atom. The van der Waals surface area contributed by atoms with Crippen molar-refractivity contribution in [2.45, 2.75) is 37.5 Å². The van der Waals surface area contributed by atoms with Gasteiger partial charge in [0.25, 0.3) is 5.91 Å². The Morgan fingerprint density at radius 3 is 2.75 bits per heavy atom. The molecule has 1 aliphatic heterocycles. The average molecular weight is 394 g/mol. The van der Waals surface area contributed by atoms with Crippen LogP contribution in [0.5, 0.6) is 5.75 Å². The number of nitrogens with one attached hydrogen (secondary N) is 1. The number of benzene rings is 1. The molecule has 2 fully saturated rings. The summed E-state index contributed by atoms with van der Waals surface area (Å²) in [5.41, 5.74) is -0.519. The van der Waals surface area contributed by atoms with Gasteiger partial charge in [0.1, 0.15) is 0 Å². The van der Waals surface area contributed by atoms with Crippen molar-refractivity contribution in [2.75, 3.05) is 20.2 Å². The number of hydrogen-bond donors (Lipinski definition) is 1. The zero-order chi connectivity index (χ0) is 19.9. The van der Waals surface area contributed by atoms with Gasteiger partial charge in [-0.25, -0.2) is 4.68 Å². The normalized spacial score (nSPS) is 20.4. The fourth-order valence-corrected chi connectivity index (χ4v) is 3.55. The Balaban J connectivity index is 1.52. The highest BCUT2D eigenvalue weighted by molar-refractivity contribution is 5.95. The van der Waals surface area contributed by atoms with E-state index in [-0.39, 0.29) is 29.1 Å². The molecular weight excluding hydrogens is 373 g/mol. The molecule has 1 N–H and O–H groups in total. The number of hydrogen-bond acceptors (Lipinski definition) is 4. The molecule has 0 radical (unpaired) electrons. The summed E-state index contributed by atoms with van der Waals surface area (Å²) in [7, 11) is 1.40. The largest absolute Gasteiger partial charge is 0.493 e. The Bertz CT molecular complexity index is 876. The molecule has 6 nitrogen and oxygen atoms in total. The van der Waals surface area contributed by atoms with Crippen molar-refractivity contribution in [1.82, 2.24) is 20.0 Å². The minimum absolute atomic E-state index is 0.0384. The van der Waals surface area contributed by atoms with Crippen LogP contribution in [0, 0.1) is 0 Å². The second-order valence-electron chi connectivity index (χ2n) is 7.22. The van der Waals surface area contributed by atoms with Crippen molar-refractivity contribution in [3.05, 3.63) is 41.7 Å². The van der Waals surface area contributed by atoms with E-state index in [4.69, 9.17) is 4.74 Å². The van der Waals surface area contributed by atoms with Gasteiger partial charge in [0, 0.05) is 25.2 Å². The maximum absolute atomic E-state index is 13.0. The predicted octanol–water partition coefficient (Wildman–Crippen LogP) is 2.87. The Morgan fingerprint density at radius 1 is 1.29 bits per heavy atom. The summed E-state index contributed by atoms with van der Waals surface area (Å²) in [5, 5.41) is 7.15. The number of ether oxygens (including phenoxy) is 1. The van der Waals surface area contributed by atoms with E-state index in [0.717, 1.165) is 31.6 Å². The molecule has 2 aromatic rings. The van der Waals surface area contributed by atoms with Gasteiger partial charge in [-0.2, -0.15) is 18.3 Å². The van der Waals surface area contributed by atoms with Crippen LogP contribution in [0.25, 0.3) is 5.69 Å². The molecule has 0 spiro atoms. The monoisotopic (exact) mass is 394 g/mol. The molecule has 1 aliphatic carbocycles. The Kier molecular flexibility index (Phi) is 4.78. The summed E-state index contributed by atoms with van der Waals surface area (Å²) in [5.74, 6) is -0.169. The highest BCUT2D eigenvalue weighted by atomic mass is 19.4. The molecule has 1 aromatic carbocycles. The van der Waals surface area contributed by atoms with Gasteiger partial charge < -0.3 is 10.1 Å². The minimum Gasteiger partial charge on any atom is -0.493 e. The summed E-state index contributed by atoms with van der Waals surface area (Å²) in [6.07, 6.45) is 0.267. The third kappa shape index (κ3) is 3.84. The first kappa shape index (κ1) is 18.8. The topological polar surface area (TPSA) is 59.4 Å². The average Bonchev–Trinajstić information content (AvgIpc) is 3.25. The maximum Gasteiger partial charge on any atom is 0.416 e. The first-order valence-electron chi connectivity index (χ1n) is 9.21. The van der Waals surface area contributed by atoms with Crippen LogP contribution in [0.1, 0.15) is 35.3 Å². The SMILES string of the molecule is COc1cn(-c2cccc(C(F)(F)F)c2)nc1C(=O)NC1CCN(C2CC2)C1. The van der Waals surface area contributed by atoms with E-state index >= 15 is 0 Å². The van der Waals surface area contributed by atoms with Gasteiger partial charge in [0.2, 0.25) is 0 Å². The number of rotatable bonds is 5. The summed E-state index contributed by atoms with van der Waals surface area (Å²) in [4.78, 5) is 15.1. The molecule has 1 saturated carbocycles. The van der Waals surface area contributed by atoms with Crippen molar-refractivity contribution in [1.29, 1.82) is 0 Å². The number of aromatic nitrogens is 2. The van der Waals surface area contributed by atoms with Gasteiger partial charge in [-0.15, -0.1) is 0 Å². The number of likely N-dealkylation sites (tertiary alicyclic amines) is 1. The fourth-order valence-electron chi connectivity index (χ4n) is 3.55. The Hall–Kier alpha value is -2.55. The predicted molar refractivity (Wildman–Crippen MR) is 95.6 cm³/mol. The summed E-state index contributed by atoms with van der Waals surface area (Å²) >= 11 is 0. The molecule has 2 aliphatic rings. The van der Waals surface area contributed by atoms with E-state index in [9.17, 15) is 18.0 Å². The minimum atomic E-state index is -4.46. The molecule has 1 aromatic heterocycles. The lowest BCUT2D eigenvalue weighted by Gasteiger charge is -2.15. The summed E-state index contributed by atoms with van der Waals surface area (Å²) in [6, 6.07) is 5.46. The van der Waals surface area contributed by atoms with Crippen molar-refractivity contribution in [2.24, 2.45) is 0 Å². The first-order valence-corrected chi connectivity index (χ1v) is 9.21. The lowest BCUT2D eigenvalue weighted by molar-refractivity contribution is -0.137. The standard InChI is InChI=1S/C19H21F3N4O2/c1-28-16-11-26(15-4-2-3-12(9-15)19(20,21)22)24-17(16)18(27)23-13-7-8-25(10-13)14-5-6-14/h2-4,9,11,13-14H,5-8,10H2,1H3,(H,23,27). The molecule has 4 rings (SSSR count). The zero-order valence-electron chi connectivity index (χ0n) is 15.4. The fraction of sp³-hybridized carbons (Fsp3) is 0.474. The molecule has 1 amide bonds. The smallest absolute Gasteiger partial charge is 0.416 e. The van der Waals surface area contributed by atoms with Crippen LogP contribution in [0.4, 0.5) is 13.2 Å². The maximum atomic E-state index is 13.0. The number of nitrogens with zero attached hydrogens (tertiary/aromatic N) is 3. The van der Waals surface area contributed by atoms with Crippen molar-refractivity contribution in [3.8, 4) is 11.4 Å². The molecule has 1 atom stereocenters. The lowest BCUT2D eigenvalue weighted by Crippen LogP contribution is -2.37. The third-order valence-electron chi connectivity index (χ3n) is 5.17. The van der Waals surface area contributed by atoms with Gasteiger partial charge in [-0.3, -0.25) is 9.69 Å². The molecule has 1 saturated heterocycles. The van der Waals surface area contributed by atoms with Crippen LogP contribution in [0.2, 0.25) is 0 Å². The van der Waals surface area contributed by atoms with E-state index in [1.165, 1.54) is 43.0 Å². The van der Waals surface area contributed by atoms with E-state index in [1.807, 2.05) is 0 Å². The highest BCUT2D eigenvalue weighted by Gasteiger charge is 2.35. The molecule has 0 bridgehead atoms. The number of methoxy groups -OCH3 is 1. The van der Waals surface area contributed by atoms with Crippen molar-refractivity contribution in [3.63, 3.8) is 0 Å². The molecule has 150 valence electrons.